The molecule has 1 aliphatic heterocycles. The van der Waals surface area contributed by atoms with E-state index in [1.165, 1.54) is 4.90 Å². The maximum atomic E-state index is 13.0. The number of pyridine rings is 1. The molecule has 0 bridgehead atoms. The predicted molar refractivity (Wildman–Crippen MR) is 117 cm³/mol. The molecule has 1 aromatic carbocycles. The Kier molecular flexibility index (Phi) is 7.07. The van der Waals surface area contributed by atoms with Crippen LogP contribution in [0.5, 0.6) is 5.75 Å². The van der Waals surface area contributed by atoms with Gasteiger partial charge in [0.2, 0.25) is 0 Å². The minimum atomic E-state index is -0.714. The number of benzene rings is 1. The van der Waals surface area contributed by atoms with Gasteiger partial charge in [-0.15, -0.1) is 0 Å². The zero-order valence-corrected chi connectivity index (χ0v) is 18.3. The molecule has 0 saturated carbocycles. The molecule has 1 unspecified atom stereocenters. The van der Waals surface area contributed by atoms with Gasteiger partial charge in [0, 0.05) is 31.1 Å². The van der Waals surface area contributed by atoms with Crippen LogP contribution in [-0.4, -0.2) is 53.0 Å². The number of Topliss-reactive ketones (excluding diaryl/α,β-unsaturated/α-hetero) is 1. The highest BCUT2D eigenvalue weighted by molar-refractivity contribution is 6.46. The number of carbonyl (C=O) groups excluding carboxylic acids is 2. The Hall–Kier alpha value is -3.19. The average Bonchev–Trinajstić information content (AvgIpc) is 3.01. The molecule has 1 saturated heterocycles. The summed E-state index contributed by atoms with van der Waals surface area (Å²) in [6.45, 7) is 6.50. The van der Waals surface area contributed by atoms with Crippen LogP contribution in [0.15, 0.2) is 48.3 Å². The first-order chi connectivity index (χ1) is 14.8. The fourth-order valence-electron chi connectivity index (χ4n) is 3.72. The Labute approximate surface area is 182 Å². The van der Waals surface area contributed by atoms with Crippen LogP contribution in [0.4, 0.5) is 0 Å². The number of hydrogen-bond donors (Lipinski definition) is 1. The van der Waals surface area contributed by atoms with Crippen LogP contribution >= 0.6 is 0 Å². The number of ketones is 1. The summed E-state index contributed by atoms with van der Waals surface area (Å²) in [7, 11) is 1.56. The van der Waals surface area contributed by atoms with Crippen LogP contribution in [-0.2, 0) is 14.3 Å². The van der Waals surface area contributed by atoms with Crippen molar-refractivity contribution in [3.63, 3.8) is 0 Å². The van der Waals surface area contributed by atoms with Gasteiger partial charge in [-0.2, -0.15) is 0 Å². The number of carbonyl (C=O) groups is 2. The van der Waals surface area contributed by atoms with Crippen molar-refractivity contribution >= 4 is 17.4 Å². The largest absolute Gasteiger partial charge is 0.507 e. The number of nitrogens with zero attached hydrogens (tertiary/aromatic N) is 2. The van der Waals surface area contributed by atoms with E-state index in [2.05, 4.69) is 4.98 Å². The van der Waals surface area contributed by atoms with Crippen molar-refractivity contribution in [3.8, 4) is 5.75 Å². The van der Waals surface area contributed by atoms with Crippen LogP contribution in [0.1, 0.15) is 43.0 Å². The molecule has 1 amide bonds. The lowest BCUT2D eigenvalue weighted by atomic mass is 9.94. The van der Waals surface area contributed by atoms with Crippen molar-refractivity contribution < 1.29 is 24.2 Å². The summed E-state index contributed by atoms with van der Waals surface area (Å²) >= 11 is 0. The number of likely N-dealkylation sites (tertiary alicyclic amines) is 1. The van der Waals surface area contributed by atoms with Crippen molar-refractivity contribution in [2.75, 3.05) is 20.3 Å². The fraction of sp³-hybridized carbons (Fsp3) is 0.375. The van der Waals surface area contributed by atoms with Crippen LogP contribution in [0.2, 0.25) is 0 Å². The van der Waals surface area contributed by atoms with Gasteiger partial charge in [0.25, 0.3) is 11.7 Å². The van der Waals surface area contributed by atoms with Crippen LogP contribution in [0, 0.1) is 6.92 Å². The summed E-state index contributed by atoms with van der Waals surface area (Å²) in [6.07, 6.45) is 3.90. The monoisotopic (exact) mass is 424 g/mol. The molecule has 1 aromatic heterocycles. The summed E-state index contributed by atoms with van der Waals surface area (Å²) < 4.78 is 10.8. The molecule has 31 heavy (non-hydrogen) atoms. The Bertz CT molecular complexity index is 985. The number of ether oxygens (including phenoxy) is 2. The van der Waals surface area contributed by atoms with E-state index in [9.17, 15) is 14.7 Å². The fourth-order valence-corrected chi connectivity index (χ4v) is 3.72. The molecule has 164 valence electrons. The Morgan fingerprint density at radius 3 is 2.65 bits per heavy atom. The van der Waals surface area contributed by atoms with E-state index in [1.54, 1.807) is 49.8 Å². The Morgan fingerprint density at radius 2 is 2.03 bits per heavy atom. The standard InChI is InChI=1S/C24H28N2O5/c1-15(2)31-12-6-11-26-21(17-7-5-10-25-14-17)20(23(28)24(26)29)22(27)19-9-8-18(30-4)13-16(19)3/h5,7-10,13-15,21,27H,6,11-12H2,1-4H3/b22-20-. The van der Waals surface area contributed by atoms with E-state index in [4.69, 9.17) is 9.47 Å². The van der Waals surface area contributed by atoms with E-state index >= 15 is 0 Å². The number of aliphatic hydroxyl groups is 1. The zero-order valence-electron chi connectivity index (χ0n) is 18.3. The molecule has 2 aromatic rings. The lowest BCUT2D eigenvalue weighted by Crippen LogP contribution is -2.31. The van der Waals surface area contributed by atoms with Gasteiger partial charge in [-0.3, -0.25) is 14.6 Å². The second kappa shape index (κ2) is 9.75. The zero-order chi connectivity index (χ0) is 22.5. The Balaban J connectivity index is 2.04. The van der Waals surface area contributed by atoms with Crippen LogP contribution in [0.25, 0.3) is 5.76 Å². The second-order valence-corrected chi connectivity index (χ2v) is 7.73. The van der Waals surface area contributed by atoms with Crippen LogP contribution < -0.4 is 4.74 Å². The first kappa shape index (κ1) is 22.5. The van der Waals surface area contributed by atoms with Gasteiger partial charge in [0.1, 0.15) is 11.5 Å². The highest BCUT2D eigenvalue weighted by Crippen LogP contribution is 2.39. The summed E-state index contributed by atoms with van der Waals surface area (Å²) in [4.78, 5) is 31.5. The van der Waals surface area contributed by atoms with Crippen molar-refractivity contribution in [1.29, 1.82) is 0 Å². The van der Waals surface area contributed by atoms with E-state index in [0.717, 1.165) is 5.56 Å². The van der Waals surface area contributed by atoms with E-state index in [1.807, 2.05) is 20.8 Å². The molecule has 0 aliphatic carbocycles. The SMILES string of the molecule is COc1ccc(/C(O)=C2/C(=O)C(=O)N(CCCOC(C)C)C2c2cccnc2)c(C)c1. The first-order valence-corrected chi connectivity index (χ1v) is 10.3. The quantitative estimate of drug-likeness (QED) is 0.301. The number of aryl methyl sites for hydroxylation is 1. The summed E-state index contributed by atoms with van der Waals surface area (Å²) in [6, 6.07) is 8.00. The van der Waals surface area contributed by atoms with Crippen molar-refractivity contribution in [1.82, 2.24) is 9.88 Å². The van der Waals surface area contributed by atoms with Gasteiger partial charge in [-0.25, -0.2) is 0 Å². The van der Waals surface area contributed by atoms with E-state index in [-0.39, 0.29) is 17.4 Å². The highest BCUT2D eigenvalue weighted by Gasteiger charge is 2.46. The summed E-state index contributed by atoms with van der Waals surface area (Å²) in [5, 5.41) is 11.1. The predicted octanol–water partition coefficient (Wildman–Crippen LogP) is 3.64. The number of amides is 1. The maximum Gasteiger partial charge on any atom is 0.295 e. The normalized spacial score (nSPS) is 18.1. The number of hydrogen-bond acceptors (Lipinski definition) is 6. The van der Waals surface area contributed by atoms with E-state index in [0.29, 0.717) is 36.4 Å². The number of aromatic nitrogens is 1. The minimum absolute atomic E-state index is 0.0658. The molecule has 1 aliphatic rings. The third-order valence-electron chi connectivity index (χ3n) is 5.22. The third-order valence-corrected chi connectivity index (χ3v) is 5.22. The number of rotatable bonds is 8. The molecule has 1 fully saturated rings. The molecule has 2 heterocycles. The highest BCUT2D eigenvalue weighted by atomic mass is 16.5. The number of aliphatic hydroxyl groups excluding tert-OH is 1. The van der Waals surface area contributed by atoms with Crippen LogP contribution in [0.3, 0.4) is 0 Å². The van der Waals surface area contributed by atoms with Crippen molar-refractivity contribution in [2.24, 2.45) is 0 Å². The topological polar surface area (TPSA) is 89.0 Å². The van der Waals surface area contributed by atoms with Crippen molar-refractivity contribution in [3.05, 3.63) is 65.0 Å². The molecule has 7 heteroatoms. The van der Waals surface area contributed by atoms with E-state index < -0.39 is 17.7 Å². The molecule has 3 rings (SSSR count). The molecule has 0 radical (unpaired) electrons. The smallest absolute Gasteiger partial charge is 0.295 e. The maximum absolute atomic E-state index is 13.0. The summed E-state index contributed by atoms with van der Waals surface area (Å²) in [5.41, 5.74) is 1.95. The van der Waals surface area contributed by atoms with Gasteiger partial charge in [0.05, 0.1) is 24.8 Å². The van der Waals surface area contributed by atoms with Gasteiger partial charge in [0.15, 0.2) is 0 Å². The molecular weight excluding hydrogens is 396 g/mol. The van der Waals surface area contributed by atoms with Gasteiger partial charge in [-0.1, -0.05) is 6.07 Å². The number of methoxy groups -OCH3 is 1. The molecule has 1 N–H and O–H groups in total. The molecule has 1 atom stereocenters. The third kappa shape index (κ3) is 4.77. The molecule has 7 nitrogen and oxygen atoms in total. The molecular formula is C24H28N2O5. The van der Waals surface area contributed by atoms with Crippen molar-refractivity contribution in [2.45, 2.75) is 39.3 Å². The first-order valence-electron chi connectivity index (χ1n) is 10.3. The Morgan fingerprint density at radius 1 is 1.26 bits per heavy atom. The molecule has 0 spiro atoms. The minimum Gasteiger partial charge on any atom is -0.507 e. The van der Waals surface area contributed by atoms with Gasteiger partial charge < -0.3 is 19.5 Å². The van der Waals surface area contributed by atoms with Gasteiger partial charge in [-0.05, 0) is 62.6 Å². The lowest BCUT2D eigenvalue weighted by molar-refractivity contribution is -0.140. The van der Waals surface area contributed by atoms with Gasteiger partial charge >= 0.3 is 0 Å². The lowest BCUT2D eigenvalue weighted by Gasteiger charge is -2.25. The second-order valence-electron chi connectivity index (χ2n) is 7.73. The summed E-state index contributed by atoms with van der Waals surface area (Å²) in [5.74, 6) is -0.894. The average molecular weight is 424 g/mol.